The molecule has 0 spiro atoms. The van der Waals surface area contributed by atoms with Gasteiger partial charge in [-0.15, -0.1) is 0 Å². The molecule has 0 aliphatic rings. The standard InChI is InChI=1S/C9H19NO3S/c1-7(2)6-8(3)9(11)10(4)14(5,12)13/h7-8H,6H2,1-5H3. The third-order valence-electron chi connectivity index (χ3n) is 2.05. The van der Waals surface area contributed by atoms with E-state index in [1.807, 2.05) is 13.8 Å². The molecule has 84 valence electrons. The van der Waals surface area contributed by atoms with E-state index in [4.69, 9.17) is 0 Å². The van der Waals surface area contributed by atoms with E-state index >= 15 is 0 Å². The number of carbonyl (C=O) groups is 1. The minimum atomic E-state index is -3.40. The van der Waals surface area contributed by atoms with Crippen molar-refractivity contribution in [1.29, 1.82) is 0 Å². The van der Waals surface area contributed by atoms with E-state index in [1.165, 1.54) is 7.05 Å². The fourth-order valence-electron chi connectivity index (χ4n) is 1.28. The molecule has 0 aliphatic heterocycles. The minimum absolute atomic E-state index is 0.241. The van der Waals surface area contributed by atoms with Crippen LogP contribution >= 0.6 is 0 Å². The Bertz CT molecular complexity index is 295. The van der Waals surface area contributed by atoms with Gasteiger partial charge < -0.3 is 0 Å². The van der Waals surface area contributed by atoms with Crippen molar-refractivity contribution in [3.8, 4) is 0 Å². The zero-order chi connectivity index (χ0) is 11.5. The van der Waals surface area contributed by atoms with E-state index < -0.39 is 10.0 Å². The summed E-state index contributed by atoms with van der Waals surface area (Å²) in [6, 6.07) is 0. The van der Waals surface area contributed by atoms with Crippen LogP contribution < -0.4 is 0 Å². The van der Waals surface area contributed by atoms with Crippen LogP contribution in [0.4, 0.5) is 0 Å². The van der Waals surface area contributed by atoms with Crippen molar-refractivity contribution >= 4 is 15.9 Å². The van der Waals surface area contributed by atoms with Crippen molar-refractivity contribution in [2.45, 2.75) is 27.2 Å². The fraction of sp³-hybridized carbons (Fsp3) is 0.889. The molecular weight excluding hydrogens is 202 g/mol. The first kappa shape index (κ1) is 13.4. The van der Waals surface area contributed by atoms with Crippen LogP contribution in [0.2, 0.25) is 0 Å². The van der Waals surface area contributed by atoms with Crippen molar-refractivity contribution < 1.29 is 13.2 Å². The van der Waals surface area contributed by atoms with Gasteiger partial charge in [-0.25, -0.2) is 12.7 Å². The quantitative estimate of drug-likeness (QED) is 0.714. The number of amides is 1. The second-order valence-corrected chi connectivity index (χ2v) is 6.11. The van der Waals surface area contributed by atoms with Crippen molar-refractivity contribution in [3.63, 3.8) is 0 Å². The Hall–Kier alpha value is -0.580. The summed E-state index contributed by atoms with van der Waals surface area (Å²) < 4.78 is 23.0. The second kappa shape index (κ2) is 4.77. The van der Waals surface area contributed by atoms with E-state index in [-0.39, 0.29) is 11.8 Å². The highest BCUT2D eigenvalue weighted by Gasteiger charge is 2.24. The molecule has 0 N–H and O–H groups in total. The number of rotatable bonds is 4. The largest absolute Gasteiger partial charge is 0.274 e. The van der Waals surface area contributed by atoms with Crippen molar-refractivity contribution in [3.05, 3.63) is 0 Å². The maximum absolute atomic E-state index is 11.6. The lowest BCUT2D eigenvalue weighted by molar-refractivity contribution is -0.129. The van der Waals surface area contributed by atoms with E-state index in [1.54, 1.807) is 6.92 Å². The van der Waals surface area contributed by atoms with Crippen LogP contribution in [0, 0.1) is 11.8 Å². The van der Waals surface area contributed by atoms with Crippen LogP contribution in [0.1, 0.15) is 27.2 Å². The van der Waals surface area contributed by atoms with Gasteiger partial charge in [-0.3, -0.25) is 4.79 Å². The molecule has 0 aromatic heterocycles. The van der Waals surface area contributed by atoms with Crippen LogP contribution in [-0.2, 0) is 14.8 Å². The molecule has 0 radical (unpaired) electrons. The van der Waals surface area contributed by atoms with Gasteiger partial charge in [-0.2, -0.15) is 0 Å². The van der Waals surface area contributed by atoms with Crippen molar-refractivity contribution in [1.82, 2.24) is 4.31 Å². The number of nitrogens with zero attached hydrogens (tertiary/aromatic N) is 1. The third kappa shape index (κ3) is 4.09. The van der Waals surface area contributed by atoms with E-state index in [2.05, 4.69) is 0 Å². The van der Waals surface area contributed by atoms with Crippen molar-refractivity contribution in [2.75, 3.05) is 13.3 Å². The van der Waals surface area contributed by atoms with Crippen LogP contribution in [0.15, 0.2) is 0 Å². The molecule has 0 aromatic carbocycles. The molecular formula is C9H19NO3S. The molecule has 0 saturated carbocycles. The van der Waals surface area contributed by atoms with Gasteiger partial charge in [0.05, 0.1) is 6.26 Å². The Morgan fingerprint density at radius 3 is 2.00 bits per heavy atom. The molecule has 5 heteroatoms. The van der Waals surface area contributed by atoms with Gasteiger partial charge in [0, 0.05) is 13.0 Å². The monoisotopic (exact) mass is 221 g/mol. The summed E-state index contributed by atoms with van der Waals surface area (Å²) in [6.45, 7) is 5.76. The summed E-state index contributed by atoms with van der Waals surface area (Å²) >= 11 is 0. The highest BCUT2D eigenvalue weighted by atomic mass is 32.2. The lowest BCUT2D eigenvalue weighted by Crippen LogP contribution is -2.36. The topological polar surface area (TPSA) is 54.5 Å². The smallest absolute Gasteiger partial charge is 0.238 e. The Labute approximate surface area is 86.3 Å². The first-order valence-corrected chi connectivity index (χ1v) is 6.48. The highest BCUT2D eigenvalue weighted by Crippen LogP contribution is 2.14. The van der Waals surface area contributed by atoms with E-state index in [9.17, 15) is 13.2 Å². The number of sulfonamides is 1. The molecule has 1 unspecified atom stereocenters. The summed E-state index contributed by atoms with van der Waals surface area (Å²) in [7, 11) is -2.10. The molecule has 0 heterocycles. The highest BCUT2D eigenvalue weighted by molar-refractivity contribution is 7.88. The Morgan fingerprint density at radius 2 is 1.71 bits per heavy atom. The Balaban J connectivity index is 4.48. The van der Waals surface area contributed by atoms with Gasteiger partial charge in [0.25, 0.3) is 0 Å². The normalized spacial score (nSPS) is 14.1. The fourth-order valence-corrected chi connectivity index (χ4v) is 1.79. The third-order valence-corrected chi connectivity index (χ3v) is 3.23. The van der Waals surface area contributed by atoms with Gasteiger partial charge in [0.15, 0.2) is 0 Å². The SMILES string of the molecule is CC(C)CC(C)C(=O)N(C)S(C)(=O)=O. The molecule has 1 atom stereocenters. The van der Waals surface area contributed by atoms with Gasteiger partial charge in [-0.05, 0) is 12.3 Å². The molecule has 4 nitrogen and oxygen atoms in total. The predicted octanol–water partition coefficient (Wildman–Crippen LogP) is 1.09. The lowest BCUT2D eigenvalue weighted by atomic mass is 9.98. The first-order valence-electron chi connectivity index (χ1n) is 4.64. The summed E-state index contributed by atoms with van der Waals surface area (Å²) in [4.78, 5) is 11.6. The molecule has 1 amide bonds. The number of hydrogen-bond donors (Lipinski definition) is 0. The number of hydrogen-bond acceptors (Lipinski definition) is 3. The lowest BCUT2D eigenvalue weighted by Gasteiger charge is -2.20. The van der Waals surface area contributed by atoms with Gasteiger partial charge in [-0.1, -0.05) is 20.8 Å². The Morgan fingerprint density at radius 1 is 1.29 bits per heavy atom. The molecule has 14 heavy (non-hydrogen) atoms. The minimum Gasteiger partial charge on any atom is -0.274 e. The zero-order valence-electron chi connectivity index (χ0n) is 9.44. The average Bonchev–Trinajstić information content (AvgIpc) is 1.98. The average molecular weight is 221 g/mol. The molecule has 0 bridgehead atoms. The molecule has 0 aliphatic carbocycles. The van der Waals surface area contributed by atoms with Gasteiger partial charge >= 0.3 is 0 Å². The Kier molecular flexibility index (Phi) is 4.58. The van der Waals surface area contributed by atoms with E-state index in [0.29, 0.717) is 12.3 Å². The zero-order valence-corrected chi connectivity index (χ0v) is 10.3. The molecule has 0 aromatic rings. The first-order chi connectivity index (χ1) is 6.16. The molecule has 0 fully saturated rings. The molecule has 0 saturated heterocycles. The van der Waals surface area contributed by atoms with Crippen LogP contribution in [0.5, 0.6) is 0 Å². The number of carbonyl (C=O) groups excluding carboxylic acids is 1. The van der Waals surface area contributed by atoms with Crippen LogP contribution in [0.25, 0.3) is 0 Å². The summed E-state index contributed by atoms with van der Waals surface area (Å²) in [5, 5.41) is 0. The second-order valence-electron chi connectivity index (χ2n) is 4.10. The maximum atomic E-state index is 11.6. The summed E-state index contributed by atoms with van der Waals surface area (Å²) in [6.07, 6.45) is 1.74. The van der Waals surface area contributed by atoms with Crippen molar-refractivity contribution in [2.24, 2.45) is 11.8 Å². The molecule has 0 rings (SSSR count). The van der Waals surface area contributed by atoms with E-state index in [0.717, 1.165) is 10.6 Å². The van der Waals surface area contributed by atoms with Gasteiger partial charge in [0.1, 0.15) is 0 Å². The summed E-state index contributed by atoms with van der Waals surface area (Å²) in [5.74, 6) is -0.183. The van der Waals surface area contributed by atoms with Crippen LogP contribution in [0.3, 0.4) is 0 Å². The maximum Gasteiger partial charge on any atom is 0.238 e. The van der Waals surface area contributed by atoms with Crippen LogP contribution in [-0.4, -0.2) is 31.9 Å². The predicted molar refractivity (Wildman–Crippen MR) is 56.2 cm³/mol. The van der Waals surface area contributed by atoms with Gasteiger partial charge in [0.2, 0.25) is 15.9 Å². The summed E-state index contributed by atoms with van der Waals surface area (Å²) in [5.41, 5.74) is 0.